The highest BCUT2D eigenvalue weighted by molar-refractivity contribution is 5.95. The van der Waals surface area contributed by atoms with Gasteiger partial charge in [0.1, 0.15) is 0 Å². The summed E-state index contributed by atoms with van der Waals surface area (Å²) in [5, 5.41) is 11.4. The molecule has 0 radical (unpaired) electrons. The molecule has 1 aliphatic rings. The highest BCUT2D eigenvalue weighted by Gasteiger charge is 2.12. The van der Waals surface area contributed by atoms with Crippen molar-refractivity contribution in [2.24, 2.45) is 5.92 Å². The van der Waals surface area contributed by atoms with Crippen LogP contribution in [0.15, 0.2) is 84.5 Å². The van der Waals surface area contributed by atoms with Crippen molar-refractivity contribution < 1.29 is 14.8 Å². The monoisotopic (exact) mass is 350 g/mol. The first-order valence-corrected chi connectivity index (χ1v) is 8.27. The molecule has 0 unspecified atom stereocenters. The van der Waals surface area contributed by atoms with Crippen molar-refractivity contribution in [3.05, 3.63) is 90.1 Å². The summed E-state index contributed by atoms with van der Waals surface area (Å²) in [7, 11) is 0. The molecule has 3 N–H and O–H groups in total. The molecule has 0 heterocycles. The zero-order valence-corrected chi connectivity index (χ0v) is 14.6. The fourth-order valence-corrected chi connectivity index (χ4v) is 2.40. The summed E-state index contributed by atoms with van der Waals surface area (Å²) in [6.45, 7) is 5.79. The number of rotatable bonds is 8. The van der Waals surface area contributed by atoms with Crippen LogP contribution in [0.2, 0.25) is 0 Å². The van der Waals surface area contributed by atoms with E-state index in [0.29, 0.717) is 17.7 Å². The average molecular weight is 350 g/mol. The maximum absolute atomic E-state index is 12.2. The van der Waals surface area contributed by atoms with Gasteiger partial charge in [0.05, 0.1) is 0 Å². The van der Waals surface area contributed by atoms with E-state index in [9.17, 15) is 9.59 Å². The molecule has 134 valence electrons. The van der Waals surface area contributed by atoms with E-state index in [1.807, 2.05) is 43.4 Å². The Labute approximate surface area is 153 Å². The van der Waals surface area contributed by atoms with Crippen LogP contribution in [0.3, 0.4) is 0 Å². The predicted octanol–water partition coefficient (Wildman–Crippen LogP) is 3.94. The van der Waals surface area contributed by atoms with E-state index in [2.05, 4.69) is 11.9 Å². The second-order valence-electron chi connectivity index (χ2n) is 5.93. The number of carbonyl (C=O) groups excluding carboxylic acids is 2. The zero-order valence-electron chi connectivity index (χ0n) is 14.6. The Bertz CT molecular complexity index is 799. The van der Waals surface area contributed by atoms with Gasteiger partial charge in [-0.3, -0.25) is 14.8 Å². The summed E-state index contributed by atoms with van der Waals surface area (Å²) in [5.41, 5.74) is 4.60. The molecule has 0 fully saturated rings. The van der Waals surface area contributed by atoms with Crippen molar-refractivity contribution in [3.63, 3.8) is 0 Å². The van der Waals surface area contributed by atoms with E-state index >= 15 is 0 Å². The molecule has 1 atom stereocenters. The number of benzene rings is 1. The first-order valence-electron chi connectivity index (χ1n) is 8.27. The third kappa shape index (κ3) is 5.43. The maximum atomic E-state index is 12.2. The number of hydroxylamine groups is 1. The minimum atomic E-state index is -0.599. The van der Waals surface area contributed by atoms with Crippen LogP contribution in [0.5, 0.6) is 0 Å². The Kier molecular flexibility index (Phi) is 6.88. The number of amides is 2. The van der Waals surface area contributed by atoms with Gasteiger partial charge in [-0.1, -0.05) is 56.0 Å². The van der Waals surface area contributed by atoms with E-state index in [1.165, 1.54) is 12.1 Å². The van der Waals surface area contributed by atoms with Crippen LogP contribution in [0.25, 0.3) is 0 Å². The summed E-state index contributed by atoms with van der Waals surface area (Å²) in [5.74, 6) is -0.709. The highest BCUT2D eigenvalue weighted by atomic mass is 16.5. The molecule has 0 aromatic heterocycles. The highest BCUT2D eigenvalue weighted by Crippen LogP contribution is 2.18. The first-order chi connectivity index (χ1) is 12.5. The van der Waals surface area contributed by atoms with Gasteiger partial charge in [0.15, 0.2) is 0 Å². The Morgan fingerprint density at radius 1 is 1.27 bits per heavy atom. The van der Waals surface area contributed by atoms with Gasteiger partial charge in [-0.05, 0) is 41.3 Å². The van der Waals surface area contributed by atoms with Gasteiger partial charge >= 0.3 is 0 Å². The van der Waals surface area contributed by atoms with Crippen molar-refractivity contribution in [3.8, 4) is 0 Å². The second kappa shape index (κ2) is 9.34. The normalized spacial score (nSPS) is 14.4. The minimum Gasteiger partial charge on any atom is -0.326 e. The number of anilines is 1. The van der Waals surface area contributed by atoms with Gasteiger partial charge in [-0.15, -0.1) is 0 Å². The molecule has 0 bridgehead atoms. The van der Waals surface area contributed by atoms with Crippen LogP contribution < -0.4 is 10.8 Å². The van der Waals surface area contributed by atoms with Crippen LogP contribution in [0.4, 0.5) is 5.69 Å². The number of carbonyl (C=O) groups is 2. The Balaban J connectivity index is 1.90. The number of nitrogens with one attached hydrogen (secondary N) is 2. The number of allylic oxidation sites excluding steroid dienone is 9. The summed E-state index contributed by atoms with van der Waals surface area (Å²) in [4.78, 5) is 23.5. The lowest BCUT2D eigenvalue weighted by Gasteiger charge is -2.13. The molecule has 0 aliphatic heterocycles. The van der Waals surface area contributed by atoms with Gasteiger partial charge in [0, 0.05) is 17.7 Å². The zero-order chi connectivity index (χ0) is 18.9. The molecular formula is C21H22N2O3. The SMILES string of the molecule is C=C/C(=C\C=C\C1=CC=C1)[C@H](C)CC(=O)Nc1ccc(C(=O)NO)cc1. The molecule has 2 rings (SSSR count). The van der Waals surface area contributed by atoms with Crippen LogP contribution in [-0.4, -0.2) is 17.0 Å². The number of hydrogen-bond acceptors (Lipinski definition) is 3. The standard InChI is InChI=1S/C21H22N2O3/c1-3-17(9-5-8-16-6-4-7-16)15(2)14-20(24)22-19-12-10-18(11-13-19)21(25)23-26/h3-13,15,26H,1,14H2,2H3,(H,22,24)(H,23,25)/b8-5+,17-9+/t15-/m1/s1. The smallest absolute Gasteiger partial charge is 0.274 e. The lowest BCUT2D eigenvalue weighted by Crippen LogP contribution is -2.19. The van der Waals surface area contributed by atoms with Crippen molar-refractivity contribution in [1.29, 1.82) is 0 Å². The molecule has 1 aromatic rings. The molecule has 1 aliphatic carbocycles. The van der Waals surface area contributed by atoms with Crippen molar-refractivity contribution >= 4 is 17.5 Å². The molecule has 0 saturated carbocycles. The summed E-state index contributed by atoms with van der Waals surface area (Å²) in [6.07, 6.45) is 14.0. The average Bonchev–Trinajstić information content (AvgIpc) is 2.60. The maximum Gasteiger partial charge on any atom is 0.274 e. The first kappa shape index (κ1) is 19.1. The molecule has 1 aromatic carbocycles. The van der Waals surface area contributed by atoms with Crippen molar-refractivity contribution in [2.75, 3.05) is 5.32 Å². The number of hydrogen-bond donors (Lipinski definition) is 3. The molecule has 26 heavy (non-hydrogen) atoms. The van der Waals surface area contributed by atoms with Crippen LogP contribution in [0, 0.1) is 5.92 Å². The molecule has 0 saturated heterocycles. The quantitative estimate of drug-likeness (QED) is 0.377. The fourth-order valence-electron chi connectivity index (χ4n) is 2.40. The topological polar surface area (TPSA) is 78.4 Å². The van der Waals surface area contributed by atoms with Crippen LogP contribution in [-0.2, 0) is 4.79 Å². The van der Waals surface area contributed by atoms with Gasteiger partial charge in [0.25, 0.3) is 5.91 Å². The molecule has 0 spiro atoms. The predicted molar refractivity (Wildman–Crippen MR) is 103 cm³/mol. The third-order valence-corrected chi connectivity index (χ3v) is 3.98. The van der Waals surface area contributed by atoms with Gasteiger partial charge < -0.3 is 5.32 Å². The van der Waals surface area contributed by atoms with Crippen LogP contribution in [0.1, 0.15) is 23.7 Å². The van der Waals surface area contributed by atoms with Gasteiger partial charge in [-0.25, -0.2) is 5.48 Å². The second-order valence-corrected chi connectivity index (χ2v) is 5.93. The molecule has 2 amide bonds. The van der Waals surface area contributed by atoms with Crippen molar-refractivity contribution in [1.82, 2.24) is 5.48 Å². The largest absolute Gasteiger partial charge is 0.326 e. The van der Waals surface area contributed by atoms with E-state index in [4.69, 9.17) is 5.21 Å². The van der Waals surface area contributed by atoms with E-state index in [-0.39, 0.29) is 11.8 Å². The minimum absolute atomic E-state index is 0.0162. The summed E-state index contributed by atoms with van der Waals surface area (Å²) < 4.78 is 0. The Hall–Kier alpha value is -3.18. The van der Waals surface area contributed by atoms with Gasteiger partial charge in [-0.2, -0.15) is 0 Å². The molecule has 5 nitrogen and oxygen atoms in total. The third-order valence-electron chi connectivity index (χ3n) is 3.98. The Morgan fingerprint density at radius 3 is 2.50 bits per heavy atom. The van der Waals surface area contributed by atoms with Crippen molar-refractivity contribution in [2.45, 2.75) is 13.3 Å². The fraction of sp³-hybridized carbons (Fsp3) is 0.143. The van der Waals surface area contributed by atoms with E-state index < -0.39 is 5.91 Å². The lowest BCUT2D eigenvalue weighted by atomic mass is 9.96. The van der Waals surface area contributed by atoms with Crippen LogP contribution >= 0.6 is 0 Å². The van der Waals surface area contributed by atoms with Gasteiger partial charge in [0.2, 0.25) is 5.91 Å². The van der Waals surface area contributed by atoms with E-state index in [0.717, 1.165) is 11.1 Å². The summed E-state index contributed by atoms with van der Waals surface area (Å²) >= 11 is 0. The lowest BCUT2D eigenvalue weighted by molar-refractivity contribution is -0.116. The summed E-state index contributed by atoms with van der Waals surface area (Å²) in [6, 6.07) is 6.27. The molecule has 5 heteroatoms. The Morgan fingerprint density at radius 2 is 1.96 bits per heavy atom. The molecular weight excluding hydrogens is 328 g/mol. The van der Waals surface area contributed by atoms with E-state index in [1.54, 1.807) is 23.7 Å².